The Bertz CT molecular complexity index is 474. The smallest absolute Gasteiger partial charge is 0.0605 e. The third kappa shape index (κ3) is 1.50. The molecule has 15 heavy (non-hydrogen) atoms. The van der Waals surface area contributed by atoms with E-state index in [0.29, 0.717) is 0 Å². The minimum atomic E-state index is 1.01. The summed E-state index contributed by atoms with van der Waals surface area (Å²) in [6.07, 6.45) is 1.14. The Hall–Kier alpha value is -0.200. The monoisotopic (exact) mass is 330 g/mol. The van der Waals surface area contributed by atoms with Gasteiger partial charge in [0.15, 0.2) is 0 Å². The van der Waals surface area contributed by atoms with E-state index in [0.717, 1.165) is 19.5 Å². The second-order valence-corrected chi connectivity index (χ2v) is 5.42. The lowest BCUT2D eigenvalue weighted by molar-refractivity contribution is 0.638. The summed E-state index contributed by atoms with van der Waals surface area (Å²) in [6.45, 7) is 2.11. The lowest BCUT2D eigenvalue weighted by atomic mass is 10.1. The maximum atomic E-state index is 3.45. The number of fused-ring (bicyclic) bond motifs is 3. The second kappa shape index (κ2) is 3.99. The Morgan fingerprint density at radius 3 is 3.07 bits per heavy atom. The van der Waals surface area contributed by atoms with Gasteiger partial charge in [0.25, 0.3) is 0 Å². The molecule has 0 atom stereocenters. The Balaban J connectivity index is 2.37. The lowest BCUT2D eigenvalue weighted by Crippen LogP contribution is -2.23. The molecule has 1 aromatic carbocycles. The summed E-state index contributed by atoms with van der Waals surface area (Å²) in [4.78, 5) is 0. The van der Waals surface area contributed by atoms with E-state index in [2.05, 4.69) is 54.8 Å². The molecule has 0 fully saturated rings. The van der Waals surface area contributed by atoms with Crippen molar-refractivity contribution in [1.29, 1.82) is 0 Å². The van der Waals surface area contributed by atoms with Crippen LogP contribution in [-0.4, -0.2) is 10.5 Å². The van der Waals surface area contributed by atoms with Crippen LogP contribution in [0.4, 0.5) is 0 Å². The zero-order valence-corrected chi connectivity index (χ0v) is 11.1. The van der Waals surface area contributed by atoms with Crippen LogP contribution in [0, 0.1) is 0 Å². The molecular weight excluding hydrogens is 319 g/mol. The number of hydrogen-bond donors (Lipinski definition) is 1. The Morgan fingerprint density at radius 2 is 2.20 bits per heavy atom. The van der Waals surface area contributed by atoms with Gasteiger partial charge in [-0.3, -0.25) is 3.97 Å². The third-order valence-electron chi connectivity index (χ3n) is 2.95. The van der Waals surface area contributed by atoms with Gasteiger partial charge in [0.1, 0.15) is 0 Å². The number of aromatic nitrogens is 1. The topological polar surface area (TPSA) is 17.0 Å². The maximum Gasteiger partial charge on any atom is 0.0605 e. The highest BCUT2D eigenvalue weighted by molar-refractivity contribution is 14.2. The molecule has 0 saturated carbocycles. The molecule has 0 amide bonds. The van der Waals surface area contributed by atoms with Gasteiger partial charge in [-0.15, -0.1) is 0 Å². The van der Waals surface area contributed by atoms with Crippen molar-refractivity contribution in [2.75, 3.05) is 6.54 Å². The predicted molar refractivity (Wildman–Crippen MR) is 74.4 cm³/mol. The summed E-state index contributed by atoms with van der Waals surface area (Å²) in [6, 6.07) is 8.67. The van der Waals surface area contributed by atoms with E-state index in [4.69, 9.17) is 0 Å². The van der Waals surface area contributed by atoms with E-state index in [1.807, 2.05) is 0 Å². The molecule has 0 bridgehead atoms. The highest BCUT2D eigenvalue weighted by Crippen LogP contribution is 2.33. The van der Waals surface area contributed by atoms with Crippen molar-refractivity contribution in [3.05, 3.63) is 35.5 Å². The Labute approximate surface area is 105 Å². The summed E-state index contributed by atoms with van der Waals surface area (Å²) in [7, 11) is 1.78. The fraction of sp³-hybridized carbons (Fsp3) is 0.273. The van der Waals surface area contributed by atoms with Gasteiger partial charge < -0.3 is 5.32 Å². The largest absolute Gasteiger partial charge is 0.312 e. The molecule has 78 valence electrons. The van der Waals surface area contributed by atoms with Crippen LogP contribution in [0.1, 0.15) is 11.3 Å². The van der Waals surface area contributed by atoms with E-state index < -0.39 is 0 Å². The van der Waals surface area contributed by atoms with Gasteiger partial charge in [0, 0.05) is 60.9 Å². The molecule has 0 saturated heterocycles. The summed E-state index contributed by atoms with van der Waals surface area (Å²) in [5, 5.41) is 4.85. The molecule has 4 heteroatoms. The highest BCUT2D eigenvalue weighted by atomic mass is 127. The van der Waals surface area contributed by atoms with E-state index >= 15 is 0 Å². The van der Waals surface area contributed by atoms with Crippen molar-refractivity contribution in [2.45, 2.75) is 13.0 Å². The van der Waals surface area contributed by atoms with Crippen LogP contribution in [0.3, 0.4) is 0 Å². The van der Waals surface area contributed by atoms with Crippen LogP contribution < -0.4 is 5.32 Å². The van der Waals surface area contributed by atoms with Crippen LogP contribution in [0.5, 0.6) is 0 Å². The predicted octanol–water partition coefficient (Wildman–Crippen LogP) is 3.13. The van der Waals surface area contributed by atoms with Crippen LogP contribution in [0.15, 0.2) is 24.3 Å². The minimum absolute atomic E-state index is 1.01. The van der Waals surface area contributed by atoms with E-state index in [1.54, 1.807) is 9.12 Å². The van der Waals surface area contributed by atoms with Crippen molar-refractivity contribution in [2.24, 2.45) is 0 Å². The SMILES string of the molecule is ISn1c2c(c3ccccc31)CNCC2. The first-order chi connectivity index (χ1) is 7.42. The molecule has 2 heterocycles. The molecule has 1 aliphatic heterocycles. The average Bonchev–Trinajstić information content (AvgIpc) is 2.63. The van der Waals surface area contributed by atoms with Gasteiger partial charge in [-0.2, -0.15) is 0 Å². The number of rotatable bonds is 1. The van der Waals surface area contributed by atoms with Crippen molar-refractivity contribution in [3.8, 4) is 0 Å². The standard InChI is InChI=1S/C11H11IN2S/c12-15-14-10-4-2-1-3-8(10)9-7-13-6-5-11(9)14/h1-4,13H,5-7H2. The normalized spacial score (nSPS) is 15.5. The number of benzene rings is 1. The number of hydrogen-bond acceptors (Lipinski definition) is 2. The van der Waals surface area contributed by atoms with Crippen LogP contribution in [0.25, 0.3) is 10.9 Å². The molecule has 0 radical (unpaired) electrons. The van der Waals surface area contributed by atoms with Gasteiger partial charge in [-0.05, 0) is 11.6 Å². The molecule has 1 aliphatic rings. The molecule has 0 spiro atoms. The zero-order valence-electron chi connectivity index (χ0n) is 8.16. The number of para-hydroxylation sites is 1. The molecule has 0 aliphatic carbocycles. The highest BCUT2D eigenvalue weighted by Gasteiger charge is 2.18. The van der Waals surface area contributed by atoms with Crippen molar-refractivity contribution in [3.63, 3.8) is 0 Å². The summed E-state index contributed by atoms with van der Waals surface area (Å²) in [5.74, 6) is 0. The van der Waals surface area contributed by atoms with Crippen LogP contribution in [-0.2, 0) is 13.0 Å². The first kappa shape index (κ1) is 9.99. The maximum absolute atomic E-state index is 3.45. The summed E-state index contributed by atoms with van der Waals surface area (Å²) in [5.41, 5.74) is 4.33. The van der Waals surface area contributed by atoms with Gasteiger partial charge in [-0.1, -0.05) is 18.2 Å². The molecule has 3 rings (SSSR count). The van der Waals surface area contributed by atoms with Crippen LogP contribution in [0.2, 0.25) is 0 Å². The second-order valence-electron chi connectivity index (χ2n) is 3.73. The zero-order chi connectivity index (χ0) is 10.3. The Morgan fingerprint density at radius 1 is 1.33 bits per heavy atom. The lowest BCUT2D eigenvalue weighted by Gasteiger charge is -2.14. The average molecular weight is 330 g/mol. The van der Waals surface area contributed by atoms with Gasteiger partial charge in [-0.25, -0.2) is 0 Å². The van der Waals surface area contributed by atoms with Gasteiger partial charge >= 0.3 is 0 Å². The minimum Gasteiger partial charge on any atom is -0.312 e. The quantitative estimate of drug-likeness (QED) is 0.809. The molecule has 2 nitrogen and oxygen atoms in total. The first-order valence-electron chi connectivity index (χ1n) is 5.03. The van der Waals surface area contributed by atoms with Gasteiger partial charge in [0.05, 0.1) is 5.52 Å². The number of halogens is 1. The van der Waals surface area contributed by atoms with Crippen molar-refractivity contribution in [1.82, 2.24) is 9.29 Å². The molecule has 2 aromatic rings. The molecule has 1 N–H and O–H groups in total. The van der Waals surface area contributed by atoms with Crippen LogP contribution >= 0.6 is 30.3 Å². The number of nitrogens with zero attached hydrogens (tertiary/aromatic N) is 1. The molecular formula is C11H11IN2S. The number of nitrogens with one attached hydrogen (secondary N) is 1. The summed E-state index contributed by atoms with van der Waals surface area (Å²) >= 11 is 2.36. The van der Waals surface area contributed by atoms with E-state index in [-0.39, 0.29) is 0 Å². The summed E-state index contributed by atoms with van der Waals surface area (Å²) < 4.78 is 2.37. The van der Waals surface area contributed by atoms with Crippen molar-refractivity contribution >= 4 is 41.2 Å². The van der Waals surface area contributed by atoms with E-state index in [9.17, 15) is 0 Å². The fourth-order valence-corrected chi connectivity index (χ4v) is 4.15. The molecule has 1 aromatic heterocycles. The third-order valence-corrected chi connectivity index (χ3v) is 4.69. The fourth-order valence-electron chi connectivity index (χ4n) is 2.28. The first-order valence-corrected chi connectivity index (χ1v) is 8.34. The van der Waals surface area contributed by atoms with Crippen molar-refractivity contribution < 1.29 is 0 Å². The molecule has 0 unspecified atom stereocenters. The van der Waals surface area contributed by atoms with E-state index in [1.165, 1.54) is 22.2 Å². The Kier molecular flexibility index (Phi) is 2.66. The van der Waals surface area contributed by atoms with Gasteiger partial charge in [0.2, 0.25) is 0 Å².